The number of rotatable bonds is 5. The van der Waals surface area contributed by atoms with Crippen molar-refractivity contribution in [3.05, 3.63) is 0 Å². The number of carbonyl (C=O) groups is 2. The molecule has 0 spiro atoms. The number of amides is 1. The average molecular weight is 214 g/mol. The molecule has 2 atom stereocenters. The van der Waals surface area contributed by atoms with E-state index < -0.39 is 17.6 Å². The highest BCUT2D eigenvalue weighted by Gasteiger charge is 2.48. The summed E-state index contributed by atoms with van der Waals surface area (Å²) >= 11 is 0. The second-order valence-corrected chi connectivity index (χ2v) is 4.29. The Morgan fingerprint density at radius 1 is 1.60 bits per heavy atom. The van der Waals surface area contributed by atoms with Crippen molar-refractivity contribution in [2.45, 2.75) is 44.7 Å². The predicted molar refractivity (Wildman–Crippen MR) is 55.2 cm³/mol. The van der Waals surface area contributed by atoms with Crippen molar-refractivity contribution in [2.24, 2.45) is 11.7 Å². The maximum atomic E-state index is 11.5. The van der Waals surface area contributed by atoms with Crippen molar-refractivity contribution in [2.75, 3.05) is 0 Å². The van der Waals surface area contributed by atoms with Gasteiger partial charge in [-0.15, -0.1) is 0 Å². The van der Waals surface area contributed by atoms with Crippen LogP contribution in [0.1, 0.15) is 33.1 Å². The third kappa shape index (κ3) is 2.47. The lowest BCUT2D eigenvalue weighted by atomic mass is 9.95. The summed E-state index contributed by atoms with van der Waals surface area (Å²) in [5.41, 5.74) is 4.39. The molecule has 0 heterocycles. The van der Waals surface area contributed by atoms with Crippen molar-refractivity contribution in [1.82, 2.24) is 5.32 Å². The highest BCUT2D eigenvalue weighted by Crippen LogP contribution is 2.39. The summed E-state index contributed by atoms with van der Waals surface area (Å²) in [7, 11) is 0. The molecule has 1 saturated carbocycles. The first-order valence-electron chi connectivity index (χ1n) is 5.22. The lowest BCUT2D eigenvalue weighted by Gasteiger charge is -2.27. The van der Waals surface area contributed by atoms with Gasteiger partial charge in [-0.2, -0.15) is 0 Å². The van der Waals surface area contributed by atoms with Crippen LogP contribution in [0.2, 0.25) is 0 Å². The second-order valence-electron chi connectivity index (χ2n) is 4.29. The normalized spacial score (nSPS) is 21.5. The van der Waals surface area contributed by atoms with Gasteiger partial charge in [0.05, 0.1) is 6.04 Å². The van der Waals surface area contributed by atoms with Crippen LogP contribution in [0.3, 0.4) is 0 Å². The fourth-order valence-electron chi connectivity index (χ4n) is 1.52. The number of carboxylic acid groups (broad SMARTS) is 1. The van der Waals surface area contributed by atoms with Crippen LogP contribution in [0.5, 0.6) is 0 Å². The van der Waals surface area contributed by atoms with E-state index in [4.69, 9.17) is 10.8 Å². The van der Waals surface area contributed by atoms with Gasteiger partial charge in [-0.25, -0.2) is 4.79 Å². The zero-order valence-electron chi connectivity index (χ0n) is 9.12. The molecule has 4 N–H and O–H groups in total. The zero-order chi connectivity index (χ0) is 11.6. The lowest BCUT2D eigenvalue weighted by molar-refractivity contribution is -0.148. The fourth-order valence-corrected chi connectivity index (χ4v) is 1.52. The third-order valence-electron chi connectivity index (χ3n) is 3.00. The number of aliphatic carboxylic acids is 1. The summed E-state index contributed by atoms with van der Waals surface area (Å²) < 4.78 is 0. The molecule has 2 unspecified atom stereocenters. The van der Waals surface area contributed by atoms with Gasteiger partial charge in [-0.1, -0.05) is 6.92 Å². The molecule has 1 fully saturated rings. The highest BCUT2D eigenvalue weighted by molar-refractivity contribution is 5.89. The fraction of sp³-hybridized carbons (Fsp3) is 0.800. The van der Waals surface area contributed by atoms with Gasteiger partial charge in [0.15, 0.2) is 0 Å². The van der Waals surface area contributed by atoms with Crippen LogP contribution in [-0.4, -0.2) is 28.6 Å². The van der Waals surface area contributed by atoms with E-state index in [2.05, 4.69) is 5.32 Å². The number of nitrogens with one attached hydrogen (secondary N) is 1. The number of carboxylic acids is 1. The van der Waals surface area contributed by atoms with Crippen molar-refractivity contribution in [3.63, 3.8) is 0 Å². The van der Waals surface area contributed by atoms with E-state index in [1.165, 1.54) is 0 Å². The van der Waals surface area contributed by atoms with E-state index >= 15 is 0 Å². The van der Waals surface area contributed by atoms with Crippen molar-refractivity contribution in [1.29, 1.82) is 0 Å². The van der Waals surface area contributed by atoms with E-state index in [1.54, 1.807) is 13.8 Å². The quantitative estimate of drug-likeness (QED) is 0.605. The summed E-state index contributed by atoms with van der Waals surface area (Å²) in [6.07, 6.45) is 2.21. The molecule has 0 aliphatic heterocycles. The molecule has 15 heavy (non-hydrogen) atoms. The minimum absolute atomic E-state index is 0.0445. The first-order chi connectivity index (χ1) is 6.91. The van der Waals surface area contributed by atoms with Crippen LogP contribution in [-0.2, 0) is 9.59 Å². The summed E-state index contributed by atoms with van der Waals surface area (Å²) in [5.74, 6) is -1.32. The Morgan fingerprint density at radius 3 is 2.47 bits per heavy atom. The third-order valence-corrected chi connectivity index (χ3v) is 3.00. The molecule has 0 aromatic rings. The molecule has 1 aliphatic rings. The zero-order valence-corrected chi connectivity index (χ0v) is 9.12. The molecule has 5 nitrogen and oxygen atoms in total. The molecule has 0 aromatic heterocycles. The molecule has 0 aromatic carbocycles. The van der Waals surface area contributed by atoms with Crippen molar-refractivity contribution < 1.29 is 14.7 Å². The van der Waals surface area contributed by atoms with Gasteiger partial charge in [0.25, 0.3) is 0 Å². The van der Waals surface area contributed by atoms with Gasteiger partial charge in [-0.05, 0) is 32.1 Å². The van der Waals surface area contributed by atoms with Crippen LogP contribution in [0.15, 0.2) is 0 Å². The first-order valence-corrected chi connectivity index (χ1v) is 5.22. The molecule has 5 heteroatoms. The molecule has 0 bridgehead atoms. The molecule has 1 amide bonds. The smallest absolute Gasteiger partial charge is 0.329 e. The lowest BCUT2D eigenvalue weighted by Crippen LogP contribution is -2.57. The molecule has 1 rings (SSSR count). The van der Waals surface area contributed by atoms with Gasteiger partial charge >= 0.3 is 5.97 Å². The highest BCUT2D eigenvalue weighted by atomic mass is 16.4. The summed E-state index contributed by atoms with van der Waals surface area (Å²) in [6, 6.07) is -0.623. The molecule has 1 aliphatic carbocycles. The largest absolute Gasteiger partial charge is 0.480 e. The van der Waals surface area contributed by atoms with E-state index in [0.717, 1.165) is 12.8 Å². The van der Waals surface area contributed by atoms with Crippen molar-refractivity contribution >= 4 is 11.9 Å². The Labute approximate surface area is 89.0 Å². The minimum Gasteiger partial charge on any atom is -0.480 e. The monoisotopic (exact) mass is 214 g/mol. The maximum absolute atomic E-state index is 11.5. The maximum Gasteiger partial charge on any atom is 0.329 e. The van der Waals surface area contributed by atoms with Crippen LogP contribution in [0, 0.1) is 5.92 Å². The first kappa shape index (κ1) is 12.0. The Kier molecular flexibility index (Phi) is 3.34. The molecule has 86 valence electrons. The Morgan fingerprint density at radius 2 is 2.13 bits per heavy atom. The summed E-state index contributed by atoms with van der Waals surface area (Å²) in [6.45, 7) is 3.34. The summed E-state index contributed by atoms with van der Waals surface area (Å²) in [5, 5.41) is 11.6. The summed E-state index contributed by atoms with van der Waals surface area (Å²) in [4.78, 5) is 22.6. The average Bonchev–Trinajstić information content (AvgIpc) is 2.99. The van der Waals surface area contributed by atoms with Crippen LogP contribution >= 0.6 is 0 Å². The van der Waals surface area contributed by atoms with Gasteiger partial charge in [0.2, 0.25) is 5.91 Å². The molecular weight excluding hydrogens is 196 g/mol. The number of hydrogen-bond acceptors (Lipinski definition) is 3. The van der Waals surface area contributed by atoms with Crippen LogP contribution in [0.25, 0.3) is 0 Å². The predicted octanol–water partition coefficient (Wildman–Crippen LogP) is 0.0932. The Bertz CT molecular complexity index is 276. The van der Waals surface area contributed by atoms with Crippen molar-refractivity contribution in [3.8, 4) is 0 Å². The van der Waals surface area contributed by atoms with E-state index in [9.17, 15) is 9.59 Å². The second kappa shape index (κ2) is 4.18. The minimum atomic E-state index is -1.15. The van der Waals surface area contributed by atoms with Gasteiger partial charge in [-0.3, -0.25) is 4.79 Å². The van der Waals surface area contributed by atoms with Gasteiger partial charge < -0.3 is 16.2 Å². The van der Waals surface area contributed by atoms with E-state index in [0.29, 0.717) is 6.42 Å². The van der Waals surface area contributed by atoms with Crippen LogP contribution < -0.4 is 11.1 Å². The van der Waals surface area contributed by atoms with Crippen LogP contribution in [0.4, 0.5) is 0 Å². The topological polar surface area (TPSA) is 92.4 Å². The van der Waals surface area contributed by atoms with Gasteiger partial charge in [0.1, 0.15) is 5.54 Å². The Hall–Kier alpha value is -1.10. The number of carbonyl (C=O) groups excluding carboxylic acids is 1. The SMILES string of the molecule is CCC(N)C(=O)NC(C)(C(=O)O)C1CC1. The molecular formula is C10H18N2O3. The standard InChI is InChI=1S/C10H18N2O3/c1-3-7(11)8(13)12-10(2,9(14)15)6-4-5-6/h6-7H,3-5,11H2,1-2H3,(H,12,13)(H,14,15). The number of nitrogens with two attached hydrogens (primary N) is 1. The van der Waals surface area contributed by atoms with E-state index in [-0.39, 0.29) is 11.8 Å². The van der Waals surface area contributed by atoms with E-state index in [1.807, 2.05) is 0 Å². The number of hydrogen-bond donors (Lipinski definition) is 3. The molecule has 0 radical (unpaired) electrons. The molecule has 0 saturated heterocycles. The van der Waals surface area contributed by atoms with Gasteiger partial charge in [0, 0.05) is 0 Å². The Balaban J connectivity index is 2.67.